The fraction of sp³-hybridized carbons (Fsp3) is 0.235. The monoisotopic (exact) mass is 343 g/mol. The standard InChI is InChI=1S/C17H17N3O3S/c1-10-6-7-13(24-10)9-14(21)18-12-5-3-4-11(8-12)17(2)15(22)19-16(23)20-17/h3-8H,9H2,1-2H3,(H,18,21)(H2,19,20,22,23)/t17-/m1/s1. The number of carbonyl (C=O) groups is 3. The minimum atomic E-state index is -1.14. The Morgan fingerprint density at radius 2 is 2.04 bits per heavy atom. The van der Waals surface area contributed by atoms with E-state index in [1.54, 1.807) is 42.5 Å². The molecular formula is C17H17N3O3S. The highest BCUT2D eigenvalue weighted by Gasteiger charge is 2.43. The number of hydrogen-bond donors (Lipinski definition) is 3. The van der Waals surface area contributed by atoms with Crippen LogP contribution in [0.25, 0.3) is 0 Å². The number of hydrogen-bond acceptors (Lipinski definition) is 4. The number of urea groups is 1. The van der Waals surface area contributed by atoms with Crippen molar-refractivity contribution in [2.75, 3.05) is 5.32 Å². The van der Waals surface area contributed by atoms with E-state index in [1.807, 2.05) is 19.1 Å². The summed E-state index contributed by atoms with van der Waals surface area (Å²) in [6, 6.07) is 10.3. The van der Waals surface area contributed by atoms with Gasteiger partial charge in [0.15, 0.2) is 0 Å². The molecule has 2 heterocycles. The number of rotatable bonds is 4. The average molecular weight is 343 g/mol. The van der Waals surface area contributed by atoms with E-state index < -0.39 is 17.5 Å². The highest BCUT2D eigenvalue weighted by Crippen LogP contribution is 2.26. The van der Waals surface area contributed by atoms with Gasteiger partial charge in [0, 0.05) is 15.4 Å². The molecule has 124 valence electrons. The summed E-state index contributed by atoms with van der Waals surface area (Å²) in [5.74, 6) is -0.538. The summed E-state index contributed by atoms with van der Waals surface area (Å²) < 4.78 is 0. The third-order valence-electron chi connectivity index (χ3n) is 3.90. The van der Waals surface area contributed by atoms with Crippen LogP contribution in [-0.4, -0.2) is 17.8 Å². The third kappa shape index (κ3) is 3.16. The van der Waals surface area contributed by atoms with Gasteiger partial charge in [-0.05, 0) is 43.7 Å². The molecule has 1 saturated heterocycles. The summed E-state index contributed by atoms with van der Waals surface area (Å²) in [4.78, 5) is 37.7. The van der Waals surface area contributed by atoms with Gasteiger partial charge in [0.05, 0.1) is 6.42 Å². The third-order valence-corrected chi connectivity index (χ3v) is 4.90. The van der Waals surface area contributed by atoms with E-state index in [1.165, 1.54) is 0 Å². The topological polar surface area (TPSA) is 87.3 Å². The molecule has 7 heteroatoms. The molecule has 1 aromatic carbocycles. The molecule has 0 aliphatic carbocycles. The molecule has 1 aliphatic heterocycles. The van der Waals surface area contributed by atoms with Gasteiger partial charge in [0.1, 0.15) is 5.54 Å². The molecule has 1 aromatic heterocycles. The lowest BCUT2D eigenvalue weighted by Gasteiger charge is -2.21. The van der Waals surface area contributed by atoms with Crippen LogP contribution in [0.2, 0.25) is 0 Å². The number of anilines is 1. The molecule has 0 bridgehead atoms. The molecule has 1 fully saturated rings. The van der Waals surface area contributed by atoms with E-state index >= 15 is 0 Å². The van der Waals surface area contributed by atoms with Gasteiger partial charge in [0.25, 0.3) is 5.91 Å². The summed E-state index contributed by atoms with van der Waals surface area (Å²) in [6.07, 6.45) is 0.303. The van der Waals surface area contributed by atoms with Crippen LogP contribution >= 0.6 is 11.3 Å². The second-order valence-corrected chi connectivity index (χ2v) is 7.22. The lowest BCUT2D eigenvalue weighted by Crippen LogP contribution is -2.40. The van der Waals surface area contributed by atoms with Crippen LogP contribution in [0.5, 0.6) is 0 Å². The fourth-order valence-electron chi connectivity index (χ4n) is 2.60. The van der Waals surface area contributed by atoms with E-state index in [-0.39, 0.29) is 5.91 Å². The van der Waals surface area contributed by atoms with E-state index in [0.29, 0.717) is 17.7 Å². The maximum Gasteiger partial charge on any atom is 0.322 e. The van der Waals surface area contributed by atoms with E-state index in [9.17, 15) is 14.4 Å². The predicted octanol–water partition coefficient (Wildman–Crippen LogP) is 2.29. The summed E-state index contributed by atoms with van der Waals surface area (Å²) in [5, 5.41) is 7.67. The molecule has 0 unspecified atom stereocenters. The second kappa shape index (κ2) is 6.09. The first-order valence-corrected chi connectivity index (χ1v) is 8.28. The summed E-state index contributed by atoms with van der Waals surface area (Å²) >= 11 is 1.59. The largest absolute Gasteiger partial charge is 0.326 e. The van der Waals surface area contributed by atoms with Gasteiger partial charge in [-0.1, -0.05) is 12.1 Å². The van der Waals surface area contributed by atoms with Crippen LogP contribution < -0.4 is 16.0 Å². The smallest absolute Gasteiger partial charge is 0.322 e. The van der Waals surface area contributed by atoms with Gasteiger partial charge < -0.3 is 10.6 Å². The quantitative estimate of drug-likeness (QED) is 0.744. The first-order valence-electron chi connectivity index (χ1n) is 7.46. The molecule has 2 aromatic rings. The highest BCUT2D eigenvalue weighted by molar-refractivity contribution is 7.12. The van der Waals surface area contributed by atoms with Gasteiger partial charge in [-0.15, -0.1) is 11.3 Å². The van der Waals surface area contributed by atoms with Crippen molar-refractivity contribution in [3.05, 3.63) is 51.7 Å². The first kappa shape index (κ1) is 16.2. The molecule has 0 saturated carbocycles. The molecule has 1 aliphatic rings. The normalized spacial score (nSPS) is 19.8. The van der Waals surface area contributed by atoms with Gasteiger partial charge in [-0.2, -0.15) is 0 Å². The number of thiophene rings is 1. The lowest BCUT2D eigenvalue weighted by molar-refractivity contribution is -0.123. The molecule has 3 rings (SSSR count). The Morgan fingerprint density at radius 1 is 1.25 bits per heavy atom. The van der Waals surface area contributed by atoms with Crippen LogP contribution in [0.15, 0.2) is 36.4 Å². The number of carbonyl (C=O) groups excluding carboxylic acids is 3. The van der Waals surface area contributed by atoms with Crippen LogP contribution in [0.4, 0.5) is 10.5 Å². The van der Waals surface area contributed by atoms with Crippen LogP contribution in [-0.2, 0) is 21.5 Å². The minimum Gasteiger partial charge on any atom is -0.326 e. The maximum absolute atomic E-state index is 12.2. The molecule has 6 nitrogen and oxygen atoms in total. The Morgan fingerprint density at radius 3 is 2.67 bits per heavy atom. The number of amides is 4. The van der Waals surface area contributed by atoms with Crippen molar-refractivity contribution in [2.45, 2.75) is 25.8 Å². The summed E-state index contributed by atoms with van der Waals surface area (Å²) in [5.41, 5.74) is 0.0550. The van der Waals surface area contributed by atoms with Crippen molar-refractivity contribution in [1.29, 1.82) is 0 Å². The molecular weight excluding hydrogens is 326 g/mol. The number of aryl methyl sites for hydroxylation is 1. The number of imide groups is 1. The van der Waals surface area contributed by atoms with Crippen molar-refractivity contribution in [1.82, 2.24) is 10.6 Å². The van der Waals surface area contributed by atoms with Crippen molar-refractivity contribution in [3.8, 4) is 0 Å². The van der Waals surface area contributed by atoms with Crippen molar-refractivity contribution in [2.24, 2.45) is 0 Å². The highest BCUT2D eigenvalue weighted by atomic mass is 32.1. The summed E-state index contributed by atoms with van der Waals surface area (Å²) in [6.45, 7) is 3.62. The van der Waals surface area contributed by atoms with Gasteiger partial charge in [-0.3, -0.25) is 14.9 Å². The first-order chi connectivity index (χ1) is 11.4. The molecule has 3 N–H and O–H groups in total. The zero-order valence-corrected chi connectivity index (χ0v) is 14.1. The Balaban J connectivity index is 1.75. The second-order valence-electron chi connectivity index (χ2n) is 5.85. The molecule has 24 heavy (non-hydrogen) atoms. The van der Waals surface area contributed by atoms with E-state index in [0.717, 1.165) is 9.75 Å². The van der Waals surface area contributed by atoms with E-state index in [2.05, 4.69) is 16.0 Å². The van der Waals surface area contributed by atoms with Crippen molar-refractivity contribution >= 4 is 34.9 Å². The minimum absolute atomic E-state index is 0.126. The van der Waals surface area contributed by atoms with Crippen molar-refractivity contribution < 1.29 is 14.4 Å². The zero-order valence-electron chi connectivity index (χ0n) is 13.3. The molecule has 4 amide bonds. The van der Waals surface area contributed by atoms with Crippen LogP contribution in [0.3, 0.4) is 0 Å². The van der Waals surface area contributed by atoms with Gasteiger partial charge in [-0.25, -0.2) is 4.79 Å². The Kier molecular flexibility index (Phi) is 4.11. The SMILES string of the molecule is Cc1ccc(CC(=O)Nc2cccc([C@@]3(C)NC(=O)NC3=O)c2)s1. The van der Waals surface area contributed by atoms with Crippen LogP contribution in [0, 0.1) is 6.92 Å². The molecule has 0 radical (unpaired) electrons. The molecule has 1 atom stereocenters. The van der Waals surface area contributed by atoms with Crippen molar-refractivity contribution in [3.63, 3.8) is 0 Å². The lowest BCUT2D eigenvalue weighted by atomic mass is 9.92. The average Bonchev–Trinajstić information content (AvgIpc) is 3.03. The zero-order chi connectivity index (χ0) is 17.3. The predicted molar refractivity (Wildman–Crippen MR) is 91.9 cm³/mol. The van der Waals surface area contributed by atoms with Gasteiger partial charge >= 0.3 is 6.03 Å². The molecule has 0 spiro atoms. The Bertz CT molecular complexity index is 830. The number of nitrogens with one attached hydrogen (secondary N) is 3. The van der Waals surface area contributed by atoms with Gasteiger partial charge in [0.2, 0.25) is 5.91 Å². The summed E-state index contributed by atoms with van der Waals surface area (Å²) in [7, 11) is 0. The van der Waals surface area contributed by atoms with Crippen LogP contribution in [0.1, 0.15) is 22.2 Å². The van der Waals surface area contributed by atoms with E-state index in [4.69, 9.17) is 0 Å². The fourth-order valence-corrected chi connectivity index (χ4v) is 3.49. The Labute approximate surface area is 143 Å². The Hall–Kier alpha value is -2.67. The number of benzene rings is 1. The maximum atomic E-state index is 12.2.